The molecule has 0 aromatic heterocycles. The Morgan fingerprint density at radius 3 is 2.47 bits per heavy atom. The predicted octanol–water partition coefficient (Wildman–Crippen LogP) is 2.21. The second-order valence-electron chi connectivity index (χ2n) is 4.87. The molecule has 0 aromatic carbocycles. The smallest absolute Gasteiger partial charge is 0.0780 e. The van der Waals surface area contributed by atoms with Gasteiger partial charge in [-0.1, -0.05) is 0 Å². The molecular formula is C12H27NO2. The van der Waals surface area contributed by atoms with E-state index in [1.165, 1.54) is 0 Å². The van der Waals surface area contributed by atoms with E-state index in [0.29, 0.717) is 6.61 Å². The van der Waals surface area contributed by atoms with Gasteiger partial charge in [0.15, 0.2) is 0 Å². The first kappa shape index (κ1) is 14.9. The van der Waals surface area contributed by atoms with E-state index in [1.807, 2.05) is 13.8 Å². The average molecular weight is 217 g/mol. The molecule has 0 heterocycles. The molecule has 1 atom stereocenters. The van der Waals surface area contributed by atoms with Crippen LogP contribution in [0.15, 0.2) is 0 Å². The molecule has 3 nitrogen and oxygen atoms in total. The molecule has 0 aliphatic carbocycles. The van der Waals surface area contributed by atoms with Gasteiger partial charge in [0.1, 0.15) is 0 Å². The van der Waals surface area contributed by atoms with Crippen LogP contribution in [0.2, 0.25) is 0 Å². The third kappa shape index (κ3) is 11.8. The lowest BCUT2D eigenvalue weighted by molar-refractivity contribution is -0.00419. The first-order valence-electron chi connectivity index (χ1n) is 5.90. The summed E-state index contributed by atoms with van der Waals surface area (Å²) in [7, 11) is 0. The van der Waals surface area contributed by atoms with Crippen molar-refractivity contribution in [3.63, 3.8) is 0 Å². The molecule has 0 fully saturated rings. The highest BCUT2D eigenvalue weighted by molar-refractivity contribution is 4.69. The molecule has 15 heavy (non-hydrogen) atoms. The Morgan fingerprint density at radius 1 is 1.27 bits per heavy atom. The van der Waals surface area contributed by atoms with Gasteiger partial charge in [-0.15, -0.1) is 0 Å². The second kappa shape index (κ2) is 8.08. The quantitative estimate of drug-likeness (QED) is 0.632. The molecule has 0 aliphatic heterocycles. The molecule has 92 valence electrons. The van der Waals surface area contributed by atoms with E-state index in [0.717, 1.165) is 26.2 Å². The minimum absolute atomic E-state index is 0.205. The van der Waals surface area contributed by atoms with Gasteiger partial charge >= 0.3 is 0 Å². The van der Waals surface area contributed by atoms with Crippen molar-refractivity contribution < 1.29 is 9.47 Å². The van der Waals surface area contributed by atoms with Gasteiger partial charge in [-0.3, -0.25) is 0 Å². The zero-order valence-electron chi connectivity index (χ0n) is 10.9. The fourth-order valence-electron chi connectivity index (χ4n) is 1.15. The molecule has 1 N–H and O–H groups in total. The zero-order valence-corrected chi connectivity index (χ0v) is 10.9. The van der Waals surface area contributed by atoms with Crippen LogP contribution in [0, 0.1) is 0 Å². The molecule has 1 unspecified atom stereocenters. The standard InChI is InChI=1S/C12H27NO2/c1-6-14-10-11(2)15-9-7-8-13-12(3,4)5/h11,13H,6-10H2,1-5H3. The van der Waals surface area contributed by atoms with Crippen molar-refractivity contribution in [3.8, 4) is 0 Å². The van der Waals surface area contributed by atoms with E-state index in [9.17, 15) is 0 Å². The lowest BCUT2D eigenvalue weighted by Gasteiger charge is -2.20. The molecular weight excluding hydrogens is 190 g/mol. The fraction of sp³-hybridized carbons (Fsp3) is 1.00. The van der Waals surface area contributed by atoms with E-state index in [4.69, 9.17) is 9.47 Å². The van der Waals surface area contributed by atoms with Crippen molar-refractivity contribution in [1.29, 1.82) is 0 Å². The number of hydrogen-bond donors (Lipinski definition) is 1. The van der Waals surface area contributed by atoms with Crippen LogP contribution >= 0.6 is 0 Å². The van der Waals surface area contributed by atoms with Crippen molar-refractivity contribution in [3.05, 3.63) is 0 Å². The monoisotopic (exact) mass is 217 g/mol. The van der Waals surface area contributed by atoms with Crippen LogP contribution in [0.1, 0.15) is 41.0 Å². The Morgan fingerprint density at radius 2 is 1.93 bits per heavy atom. The number of nitrogens with one attached hydrogen (secondary N) is 1. The van der Waals surface area contributed by atoms with Crippen molar-refractivity contribution in [2.45, 2.75) is 52.7 Å². The van der Waals surface area contributed by atoms with Crippen molar-refractivity contribution in [1.82, 2.24) is 5.32 Å². The highest BCUT2D eigenvalue weighted by Crippen LogP contribution is 1.99. The van der Waals surface area contributed by atoms with Gasteiger partial charge in [0.25, 0.3) is 0 Å². The summed E-state index contributed by atoms with van der Waals surface area (Å²) in [4.78, 5) is 0. The summed E-state index contributed by atoms with van der Waals surface area (Å²) in [6.45, 7) is 13.8. The van der Waals surface area contributed by atoms with E-state index < -0.39 is 0 Å². The first-order valence-corrected chi connectivity index (χ1v) is 5.90. The molecule has 0 radical (unpaired) electrons. The largest absolute Gasteiger partial charge is 0.379 e. The minimum Gasteiger partial charge on any atom is -0.379 e. The Hall–Kier alpha value is -0.120. The first-order chi connectivity index (χ1) is 6.95. The van der Waals surface area contributed by atoms with E-state index in [1.54, 1.807) is 0 Å². The topological polar surface area (TPSA) is 30.5 Å². The highest BCUT2D eigenvalue weighted by atomic mass is 16.5. The Bertz CT molecular complexity index is 143. The van der Waals surface area contributed by atoms with Crippen LogP contribution in [0.3, 0.4) is 0 Å². The minimum atomic E-state index is 0.205. The van der Waals surface area contributed by atoms with Gasteiger partial charge in [-0.05, 0) is 47.6 Å². The summed E-state index contributed by atoms with van der Waals surface area (Å²) in [5, 5.41) is 3.43. The number of hydrogen-bond acceptors (Lipinski definition) is 3. The summed E-state index contributed by atoms with van der Waals surface area (Å²) in [6.07, 6.45) is 1.26. The lowest BCUT2D eigenvalue weighted by Crippen LogP contribution is -2.36. The van der Waals surface area contributed by atoms with Crippen LogP contribution in [0.4, 0.5) is 0 Å². The Labute approximate surface area is 94.5 Å². The summed E-state index contributed by atoms with van der Waals surface area (Å²) in [6, 6.07) is 0. The number of ether oxygens (including phenoxy) is 2. The zero-order chi connectivity index (χ0) is 11.7. The summed E-state index contributed by atoms with van der Waals surface area (Å²) < 4.78 is 10.9. The van der Waals surface area contributed by atoms with Gasteiger partial charge in [0.05, 0.1) is 12.7 Å². The molecule has 0 rings (SSSR count). The molecule has 0 aromatic rings. The van der Waals surface area contributed by atoms with Crippen LogP contribution < -0.4 is 5.32 Å². The molecule has 0 spiro atoms. The molecule has 0 amide bonds. The maximum absolute atomic E-state index is 5.59. The summed E-state index contributed by atoms with van der Waals surface area (Å²) >= 11 is 0. The average Bonchev–Trinajstić information content (AvgIpc) is 2.12. The van der Waals surface area contributed by atoms with Gasteiger partial charge in [0.2, 0.25) is 0 Å². The van der Waals surface area contributed by atoms with Gasteiger partial charge in [-0.2, -0.15) is 0 Å². The fourth-order valence-corrected chi connectivity index (χ4v) is 1.15. The van der Waals surface area contributed by atoms with Crippen molar-refractivity contribution >= 4 is 0 Å². The van der Waals surface area contributed by atoms with Crippen molar-refractivity contribution in [2.24, 2.45) is 0 Å². The van der Waals surface area contributed by atoms with Crippen molar-refractivity contribution in [2.75, 3.05) is 26.4 Å². The van der Waals surface area contributed by atoms with Gasteiger partial charge in [-0.25, -0.2) is 0 Å². The molecule has 0 bridgehead atoms. The van der Waals surface area contributed by atoms with Crippen LogP contribution in [-0.2, 0) is 9.47 Å². The number of rotatable bonds is 8. The van der Waals surface area contributed by atoms with E-state index in [2.05, 4.69) is 26.1 Å². The normalized spacial score (nSPS) is 14.2. The Kier molecular flexibility index (Phi) is 8.02. The molecule has 0 saturated heterocycles. The third-order valence-corrected chi connectivity index (χ3v) is 1.94. The maximum Gasteiger partial charge on any atom is 0.0780 e. The Balaban J connectivity index is 3.23. The second-order valence-corrected chi connectivity index (χ2v) is 4.87. The SMILES string of the molecule is CCOCC(C)OCCCNC(C)(C)C. The summed E-state index contributed by atoms with van der Waals surface area (Å²) in [5.74, 6) is 0. The van der Waals surface area contributed by atoms with Crippen LogP contribution in [-0.4, -0.2) is 38.0 Å². The summed E-state index contributed by atoms with van der Waals surface area (Å²) in [5.41, 5.74) is 0.205. The van der Waals surface area contributed by atoms with E-state index >= 15 is 0 Å². The van der Waals surface area contributed by atoms with Crippen LogP contribution in [0.5, 0.6) is 0 Å². The molecule has 3 heteroatoms. The van der Waals surface area contributed by atoms with Gasteiger partial charge in [0, 0.05) is 18.8 Å². The van der Waals surface area contributed by atoms with Gasteiger partial charge < -0.3 is 14.8 Å². The van der Waals surface area contributed by atoms with Crippen LogP contribution in [0.25, 0.3) is 0 Å². The maximum atomic E-state index is 5.59. The highest BCUT2D eigenvalue weighted by Gasteiger charge is 2.07. The van der Waals surface area contributed by atoms with E-state index in [-0.39, 0.29) is 11.6 Å². The third-order valence-electron chi connectivity index (χ3n) is 1.94. The molecule has 0 saturated carbocycles. The molecule has 0 aliphatic rings. The predicted molar refractivity (Wildman–Crippen MR) is 64.3 cm³/mol. The lowest BCUT2D eigenvalue weighted by atomic mass is 10.1.